The SMILES string of the molecule is CC1(C)CC(C#N)CCN1c1ccc(F)c(Cl)c1. The van der Waals surface area contributed by atoms with E-state index in [1.54, 1.807) is 12.1 Å². The maximum atomic E-state index is 13.2. The van der Waals surface area contributed by atoms with Crippen molar-refractivity contribution < 1.29 is 4.39 Å². The lowest BCUT2D eigenvalue weighted by Gasteiger charge is -2.45. The van der Waals surface area contributed by atoms with Crippen molar-refractivity contribution in [2.45, 2.75) is 32.2 Å². The second-order valence-electron chi connectivity index (χ2n) is 5.38. The van der Waals surface area contributed by atoms with Crippen LogP contribution in [-0.2, 0) is 0 Å². The highest BCUT2D eigenvalue weighted by Crippen LogP contribution is 2.36. The van der Waals surface area contributed by atoms with Gasteiger partial charge in [-0.1, -0.05) is 11.6 Å². The van der Waals surface area contributed by atoms with Crippen molar-refractivity contribution in [3.63, 3.8) is 0 Å². The fourth-order valence-electron chi connectivity index (χ4n) is 2.64. The van der Waals surface area contributed by atoms with Crippen molar-refractivity contribution in [2.75, 3.05) is 11.4 Å². The molecular weight excluding hydrogens is 251 g/mol. The molecule has 1 fully saturated rings. The highest BCUT2D eigenvalue weighted by molar-refractivity contribution is 6.31. The summed E-state index contributed by atoms with van der Waals surface area (Å²) in [6.07, 6.45) is 1.66. The maximum Gasteiger partial charge on any atom is 0.141 e. The van der Waals surface area contributed by atoms with Gasteiger partial charge in [-0.25, -0.2) is 4.39 Å². The van der Waals surface area contributed by atoms with Gasteiger partial charge in [0.1, 0.15) is 5.82 Å². The Kier molecular flexibility index (Phi) is 3.49. The number of benzene rings is 1. The molecule has 0 aliphatic carbocycles. The van der Waals surface area contributed by atoms with E-state index in [0.29, 0.717) is 0 Å². The lowest BCUT2D eigenvalue weighted by Crippen LogP contribution is -2.50. The van der Waals surface area contributed by atoms with Gasteiger partial charge in [0.2, 0.25) is 0 Å². The van der Waals surface area contributed by atoms with E-state index in [2.05, 4.69) is 24.8 Å². The Balaban J connectivity index is 2.28. The molecule has 0 spiro atoms. The minimum Gasteiger partial charge on any atom is -0.366 e. The van der Waals surface area contributed by atoms with Crippen molar-refractivity contribution >= 4 is 17.3 Å². The molecule has 0 amide bonds. The molecule has 0 N–H and O–H groups in total. The van der Waals surface area contributed by atoms with Gasteiger partial charge in [-0.15, -0.1) is 0 Å². The lowest BCUT2D eigenvalue weighted by atomic mass is 9.83. The molecule has 0 radical (unpaired) electrons. The number of piperidine rings is 1. The van der Waals surface area contributed by atoms with E-state index < -0.39 is 5.82 Å². The lowest BCUT2D eigenvalue weighted by molar-refractivity contribution is 0.315. The number of hydrogen-bond acceptors (Lipinski definition) is 2. The van der Waals surface area contributed by atoms with E-state index in [-0.39, 0.29) is 16.5 Å². The summed E-state index contributed by atoms with van der Waals surface area (Å²) in [5.74, 6) is -0.294. The van der Waals surface area contributed by atoms with Gasteiger partial charge >= 0.3 is 0 Å². The van der Waals surface area contributed by atoms with E-state index in [1.807, 2.05) is 0 Å². The molecule has 1 aliphatic rings. The van der Waals surface area contributed by atoms with Gasteiger partial charge in [-0.05, 0) is 44.9 Å². The first-order valence-electron chi connectivity index (χ1n) is 6.06. The van der Waals surface area contributed by atoms with Gasteiger partial charge in [0, 0.05) is 17.8 Å². The third-order valence-corrected chi connectivity index (χ3v) is 3.86. The van der Waals surface area contributed by atoms with Gasteiger partial charge in [0.15, 0.2) is 0 Å². The third-order valence-electron chi connectivity index (χ3n) is 3.58. The Morgan fingerprint density at radius 1 is 1.50 bits per heavy atom. The number of nitriles is 1. The molecule has 2 rings (SSSR count). The van der Waals surface area contributed by atoms with Crippen LogP contribution in [0.1, 0.15) is 26.7 Å². The van der Waals surface area contributed by atoms with Crippen LogP contribution in [0.2, 0.25) is 5.02 Å². The van der Waals surface area contributed by atoms with Crippen LogP contribution < -0.4 is 4.90 Å². The largest absolute Gasteiger partial charge is 0.366 e. The molecule has 0 bridgehead atoms. The first-order valence-corrected chi connectivity index (χ1v) is 6.44. The predicted molar refractivity (Wildman–Crippen MR) is 71.2 cm³/mol. The zero-order chi connectivity index (χ0) is 13.3. The van der Waals surface area contributed by atoms with Crippen LogP contribution in [0.4, 0.5) is 10.1 Å². The molecule has 1 atom stereocenters. The molecule has 2 nitrogen and oxygen atoms in total. The standard InChI is InChI=1S/C14H16ClFN2/c1-14(2)8-10(9-17)5-6-18(14)11-3-4-13(16)12(15)7-11/h3-4,7,10H,5-6,8H2,1-2H3. The Labute approximate surface area is 112 Å². The molecule has 0 aromatic heterocycles. The smallest absolute Gasteiger partial charge is 0.141 e. The Hall–Kier alpha value is -1.27. The minimum atomic E-state index is -0.398. The molecule has 1 aromatic rings. The fraction of sp³-hybridized carbons (Fsp3) is 0.500. The van der Waals surface area contributed by atoms with Gasteiger partial charge < -0.3 is 4.90 Å². The highest BCUT2D eigenvalue weighted by Gasteiger charge is 2.35. The normalized spacial score (nSPS) is 22.6. The first kappa shape index (κ1) is 13.2. The number of halogens is 2. The van der Waals surface area contributed by atoms with Gasteiger partial charge in [0.25, 0.3) is 0 Å². The molecule has 1 heterocycles. The molecule has 1 unspecified atom stereocenters. The first-order chi connectivity index (χ1) is 8.44. The molecule has 0 saturated carbocycles. The van der Waals surface area contributed by atoms with Crippen molar-refractivity contribution in [2.24, 2.45) is 5.92 Å². The second-order valence-corrected chi connectivity index (χ2v) is 5.79. The van der Waals surface area contributed by atoms with E-state index in [9.17, 15) is 4.39 Å². The monoisotopic (exact) mass is 266 g/mol. The zero-order valence-corrected chi connectivity index (χ0v) is 11.3. The van der Waals surface area contributed by atoms with Crippen LogP contribution in [0.5, 0.6) is 0 Å². The van der Waals surface area contributed by atoms with Crippen LogP contribution in [-0.4, -0.2) is 12.1 Å². The molecule has 4 heteroatoms. The van der Waals surface area contributed by atoms with Crippen molar-refractivity contribution in [1.82, 2.24) is 0 Å². The number of nitrogens with zero attached hydrogens (tertiary/aromatic N) is 2. The topological polar surface area (TPSA) is 27.0 Å². The van der Waals surface area contributed by atoms with Crippen molar-refractivity contribution in [1.29, 1.82) is 5.26 Å². The Bertz CT molecular complexity index is 493. The maximum absolute atomic E-state index is 13.2. The average molecular weight is 267 g/mol. The summed E-state index contributed by atoms with van der Waals surface area (Å²) in [4.78, 5) is 2.20. The Morgan fingerprint density at radius 2 is 2.22 bits per heavy atom. The summed E-state index contributed by atoms with van der Waals surface area (Å²) in [6, 6.07) is 7.14. The van der Waals surface area contributed by atoms with Gasteiger partial charge in [-0.2, -0.15) is 5.26 Å². The molecule has 1 aliphatic heterocycles. The summed E-state index contributed by atoms with van der Waals surface area (Å²) in [7, 11) is 0. The molecule has 18 heavy (non-hydrogen) atoms. The molecule has 1 aromatic carbocycles. The van der Waals surface area contributed by atoms with E-state index in [4.69, 9.17) is 16.9 Å². The zero-order valence-electron chi connectivity index (χ0n) is 10.6. The summed E-state index contributed by atoms with van der Waals surface area (Å²) in [6.45, 7) is 5.01. The minimum absolute atomic E-state index is 0.104. The quantitative estimate of drug-likeness (QED) is 0.768. The molecular formula is C14H16ClFN2. The third kappa shape index (κ3) is 2.44. The fourth-order valence-corrected chi connectivity index (χ4v) is 2.82. The van der Waals surface area contributed by atoms with Gasteiger partial charge in [0.05, 0.1) is 17.0 Å². The summed E-state index contributed by atoms with van der Waals surface area (Å²) in [5, 5.41) is 9.17. The predicted octanol–water partition coefficient (Wildman–Crippen LogP) is 4.00. The summed E-state index contributed by atoms with van der Waals surface area (Å²) < 4.78 is 13.2. The second kappa shape index (κ2) is 4.78. The van der Waals surface area contributed by atoms with Gasteiger partial charge in [-0.3, -0.25) is 0 Å². The van der Waals surface area contributed by atoms with Crippen LogP contribution >= 0.6 is 11.6 Å². The van der Waals surface area contributed by atoms with Crippen molar-refractivity contribution in [3.8, 4) is 6.07 Å². The number of anilines is 1. The molecule has 96 valence electrons. The van der Waals surface area contributed by atoms with E-state index in [0.717, 1.165) is 25.1 Å². The summed E-state index contributed by atoms with van der Waals surface area (Å²) >= 11 is 5.83. The Morgan fingerprint density at radius 3 is 2.78 bits per heavy atom. The highest BCUT2D eigenvalue weighted by atomic mass is 35.5. The average Bonchev–Trinajstić information content (AvgIpc) is 2.31. The number of hydrogen-bond donors (Lipinski definition) is 0. The molecule has 1 saturated heterocycles. The van der Waals surface area contributed by atoms with E-state index >= 15 is 0 Å². The van der Waals surface area contributed by atoms with Crippen LogP contribution in [0.3, 0.4) is 0 Å². The summed E-state index contributed by atoms with van der Waals surface area (Å²) in [5.41, 5.74) is 0.808. The van der Waals surface area contributed by atoms with Crippen LogP contribution in [0, 0.1) is 23.1 Å². The van der Waals surface area contributed by atoms with E-state index in [1.165, 1.54) is 6.07 Å². The van der Waals surface area contributed by atoms with Crippen molar-refractivity contribution in [3.05, 3.63) is 29.0 Å². The number of rotatable bonds is 1. The van der Waals surface area contributed by atoms with Crippen LogP contribution in [0.25, 0.3) is 0 Å². The van der Waals surface area contributed by atoms with Crippen LogP contribution in [0.15, 0.2) is 18.2 Å².